The summed E-state index contributed by atoms with van der Waals surface area (Å²) in [6, 6.07) is 4.34. The van der Waals surface area contributed by atoms with Gasteiger partial charge >= 0.3 is 6.09 Å². The van der Waals surface area contributed by atoms with Crippen LogP contribution in [0.25, 0.3) is 0 Å². The number of aromatic nitrogens is 2. The Kier molecular flexibility index (Phi) is 6.70. The van der Waals surface area contributed by atoms with Crippen LogP contribution in [0.1, 0.15) is 103 Å². The zero-order valence-electron chi connectivity index (χ0n) is 23.6. The number of ketones is 2. The SMILES string of the molecule is CC(C)(C)OC(=O)N1CCC(n2ncc3c2CCC3Nc2cccc3c2C(=O)N(C2CCC(=O)CC2=O)C3=O)CC1. The first-order chi connectivity index (χ1) is 19.5. The van der Waals surface area contributed by atoms with E-state index in [4.69, 9.17) is 9.84 Å². The summed E-state index contributed by atoms with van der Waals surface area (Å²) in [4.78, 5) is 66.3. The van der Waals surface area contributed by atoms with Crippen LogP contribution in [0.2, 0.25) is 0 Å². The molecule has 216 valence electrons. The molecular formula is C30H35N5O6. The summed E-state index contributed by atoms with van der Waals surface area (Å²) < 4.78 is 7.61. The summed E-state index contributed by atoms with van der Waals surface area (Å²) in [5.41, 5.74) is 2.78. The van der Waals surface area contributed by atoms with Crippen LogP contribution in [-0.4, -0.2) is 73.8 Å². The topological polar surface area (TPSA) is 131 Å². The van der Waals surface area contributed by atoms with Crippen LogP contribution in [0.4, 0.5) is 10.5 Å². The zero-order chi connectivity index (χ0) is 29.1. The van der Waals surface area contributed by atoms with E-state index in [1.54, 1.807) is 23.1 Å². The van der Waals surface area contributed by atoms with Crippen LogP contribution in [0, 0.1) is 0 Å². The van der Waals surface area contributed by atoms with Gasteiger partial charge in [0, 0.05) is 36.5 Å². The summed E-state index contributed by atoms with van der Waals surface area (Å²) in [6.07, 6.45) is 4.91. The molecule has 2 fully saturated rings. The van der Waals surface area contributed by atoms with Crippen LogP contribution < -0.4 is 5.32 Å². The van der Waals surface area contributed by atoms with Gasteiger partial charge in [-0.15, -0.1) is 0 Å². The number of Topliss-reactive ketones (excluding diaryl/α,β-unsaturated/α-hetero) is 2. The number of piperidine rings is 1. The molecule has 11 nitrogen and oxygen atoms in total. The minimum Gasteiger partial charge on any atom is -0.444 e. The van der Waals surface area contributed by atoms with E-state index in [0.29, 0.717) is 18.8 Å². The van der Waals surface area contributed by atoms with Gasteiger partial charge in [-0.1, -0.05) is 6.07 Å². The first-order valence-corrected chi connectivity index (χ1v) is 14.4. The van der Waals surface area contributed by atoms with Gasteiger partial charge in [-0.3, -0.25) is 28.8 Å². The number of imide groups is 1. The number of nitrogens with one attached hydrogen (secondary N) is 1. The number of carbonyl (C=O) groups is 5. The Bertz CT molecular complexity index is 1450. The second-order valence-corrected chi connectivity index (χ2v) is 12.4. The Morgan fingerprint density at radius 1 is 1.00 bits per heavy atom. The molecule has 3 amide bonds. The van der Waals surface area contributed by atoms with E-state index in [-0.39, 0.29) is 60.1 Å². The maximum atomic E-state index is 13.5. The van der Waals surface area contributed by atoms with Gasteiger partial charge in [0.2, 0.25) is 0 Å². The lowest BCUT2D eigenvalue weighted by atomic mass is 9.92. The standard InChI is InChI=1S/C30H35N5O6/c1-30(2,3)41-29(40)33-13-11-17(12-14-33)35-23-10-8-21(20(23)16-31-35)32-22-6-4-5-19-26(22)28(39)34(27(19)38)24-9-7-18(36)15-25(24)37/h4-6,16-17,21,24,32H,7-15H2,1-3H3. The number of likely N-dealkylation sites (tertiary alicyclic amines) is 1. The van der Waals surface area contributed by atoms with Crippen LogP contribution in [-0.2, 0) is 20.7 Å². The number of hydrogen-bond acceptors (Lipinski definition) is 8. The molecule has 2 unspecified atom stereocenters. The first kappa shape index (κ1) is 27.2. The van der Waals surface area contributed by atoms with E-state index in [1.807, 2.05) is 27.0 Å². The van der Waals surface area contributed by atoms with Crippen LogP contribution in [0.3, 0.4) is 0 Å². The summed E-state index contributed by atoms with van der Waals surface area (Å²) in [7, 11) is 0. The van der Waals surface area contributed by atoms with E-state index in [0.717, 1.165) is 41.8 Å². The molecule has 6 rings (SSSR count). The summed E-state index contributed by atoms with van der Waals surface area (Å²) in [5, 5.41) is 8.21. The molecule has 11 heteroatoms. The molecule has 41 heavy (non-hydrogen) atoms. The molecule has 2 aliphatic heterocycles. The normalized spacial score (nSPS) is 23.2. The fourth-order valence-corrected chi connectivity index (χ4v) is 6.50. The van der Waals surface area contributed by atoms with Crippen molar-refractivity contribution in [3.8, 4) is 0 Å². The predicted octanol–water partition coefficient (Wildman–Crippen LogP) is 3.84. The molecule has 4 aliphatic rings. The Labute approximate surface area is 238 Å². The lowest BCUT2D eigenvalue weighted by Crippen LogP contribution is -2.47. The molecule has 2 atom stereocenters. The first-order valence-electron chi connectivity index (χ1n) is 14.4. The third-order valence-corrected chi connectivity index (χ3v) is 8.47. The summed E-state index contributed by atoms with van der Waals surface area (Å²) >= 11 is 0. The third kappa shape index (κ3) is 4.91. The predicted molar refractivity (Wildman–Crippen MR) is 148 cm³/mol. The minimum absolute atomic E-state index is 0.0852. The molecule has 0 bridgehead atoms. The zero-order valence-corrected chi connectivity index (χ0v) is 23.6. The van der Waals surface area contributed by atoms with E-state index in [9.17, 15) is 24.0 Å². The Balaban J connectivity index is 1.16. The number of carbonyl (C=O) groups excluding carboxylic acids is 5. The molecule has 1 aromatic heterocycles. The molecule has 2 aliphatic carbocycles. The van der Waals surface area contributed by atoms with E-state index in [2.05, 4.69) is 10.00 Å². The van der Waals surface area contributed by atoms with Crippen LogP contribution in [0.5, 0.6) is 0 Å². The fraction of sp³-hybridized carbons (Fsp3) is 0.533. The molecule has 1 saturated heterocycles. The number of rotatable bonds is 4. The molecule has 3 heterocycles. The highest BCUT2D eigenvalue weighted by Crippen LogP contribution is 2.40. The smallest absolute Gasteiger partial charge is 0.410 e. The average molecular weight is 562 g/mol. The Morgan fingerprint density at radius 3 is 2.46 bits per heavy atom. The van der Waals surface area contributed by atoms with E-state index in [1.165, 1.54) is 0 Å². The average Bonchev–Trinajstić information content (AvgIpc) is 3.58. The van der Waals surface area contributed by atoms with Crippen molar-refractivity contribution in [1.29, 1.82) is 0 Å². The lowest BCUT2D eigenvalue weighted by molar-refractivity contribution is -0.132. The van der Waals surface area contributed by atoms with Crippen LogP contribution >= 0.6 is 0 Å². The number of amides is 3. The van der Waals surface area contributed by atoms with Crippen LogP contribution in [0.15, 0.2) is 24.4 Å². The molecule has 1 aromatic carbocycles. The highest BCUT2D eigenvalue weighted by Gasteiger charge is 2.45. The molecular weight excluding hydrogens is 526 g/mol. The lowest BCUT2D eigenvalue weighted by Gasteiger charge is -2.34. The van der Waals surface area contributed by atoms with Gasteiger partial charge < -0.3 is 15.0 Å². The van der Waals surface area contributed by atoms with Gasteiger partial charge in [0.1, 0.15) is 11.4 Å². The number of fused-ring (bicyclic) bond motifs is 2. The van der Waals surface area contributed by atoms with Crippen molar-refractivity contribution in [3.63, 3.8) is 0 Å². The number of hydrogen-bond donors (Lipinski definition) is 1. The van der Waals surface area contributed by atoms with E-state index < -0.39 is 23.5 Å². The Morgan fingerprint density at radius 2 is 1.76 bits per heavy atom. The largest absolute Gasteiger partial charge is 0.444 e. The second-order valence-electron chi connectivity index (χ2n) is 12.4. The molecule has 0 radical (unpaired) electrons. The summed E-state index contributed by atoms with van der Waals surface area (Å²) in [6.45, 7) is 6.81. The van der Waals surface area contributed by atoms with Crippen molar-refractivity contribution < 1.29 is 28.7 Å². The third-order valence-electron chi connectivity index (χ3n) is 8.47. The van der Waals surface area contributed by atoms with Crippen molar-refractivity contribution in [1.82, 2.24) is 19.6 Å². The van der Waals surface area contributed by atoms with Gasteiger partial charge in [0.15, 0.2) is 5.78 Å². The number of anilines is 1. The van der Waals surface area contributed by atoms with Crippen molar-refractivity contribution in [2.24, 2.45) is 0 Å². The Hall–Kier alpha value is -4.02. The molecule has 0 spiro atoms. The fourth-order valence-electron chi connectivity index (χ4n) is 6.50. The van der Waals surface area contributed by atoms with Gasteiger partial charge in [-0.2, -0.15) is 5.10 Å². The number of ether oxygens (including phenoxy) is 1. The van der Waals surface area contributed by atoms with E-state index >= 15 is 0 Å². The van der Waals surface area contributed by atoms with Gasteiger partial charge in [0.25, 0.3) is 11.8 Å². The highest BCUT2D eigenvalue weighted by molar-refractivity contribution is 6.25. The highest BCUT2D eigenvalue weighted by atomic mass is 16.6. The van der Waals surface area contributed by atoms with Crippen molar-refractivity contribution in [2.45, 2.75) is 89.4 Å². The maximum absolute atomic E-state index is 13.5. The summed E-state index contributed by atoms with van der Waals surface area (Å²) in [5.74, 6) is -1.52. The molecule has 1 saturated carbocycles. The number of nitrogens with zero attached hydrogens (tertiary/aromatic N) is 4. The van der Waals surface area contributed by atoms with Gasteiger partial charge in [-0.25, -0.2) is 4.79 Å². The van der Waals surface area contributed by atoms with Gasteiger partial charge in [-0.05, 0) is 65.0 Å². The molecule has 1 N–H and O–H groups in total. The van der Waals surface area contributed by atoms with Crippen molar-refractivity contribution in [3.05, 3.63) is 46.8 Å². The number of benzene rings is 1. The second kappa shape index (κ2) is 10.1. The maximum Gasteiger partial charge on any atom is 0.410 e. The quantitative estimate of drug-likeness (QED) is 0.440. The monoisotopic (exact) mass is 561 g/mol. The minimum atomic E-state index is -0.897. The van der Waals surface area contributed by atoms with Gasteiger partial charge in [0.05, 0.1) is 41.9 Å². The molecule has 2 aromatic rings. The van der Waals surface area contributed by atoms with Crippen molar-refractivity contribution in [2.75, 3.05) is 18.4 Å². The van der Waals surface area contributed by atoms with Crippen molar-refractivity contribution >= 4 is 35.2 Å².